The quantitative estimate of drug-likeness (QED) is 0.779. The molecule has 4 nitrogen and oxygen atoms in total. The van der Waals surface area contributed by atoms with Gasteiger partial charge in [0.15, 0.2) is 5.60 Å². The van der Waals surface area contributed by atoms with E-state index in [2.05, 4.69) is 0 Å². The largest absolute Gasteiger partial charge is 0.479 e. The van der Waals surface area contributed by atoms with Gasteiger partial charge in [0.05, 0.1) is 12.7 Å². The van der Waals surface area contributed by atoms with Crippen LogP contribution in [0.3, 0.4) is 0 Å². The number of rotatable bonds is 6. The Morgan fingerprint density at radius 3 is 2.71 bits per heavy atom. The van der Waals surface area contributed by atoms with Crippen molar-refractivity contribution in [3.05, 3.63) is 0 Å². The van der Waals surface area contributed by atoms with E-state index < -0.39 is 11.6 Å². The molecule has 0 aromatic heterocycles. The summed E-state index contributed by atoms with van der Waals surface area (Å²) in [4.78, 5) is 11.3. The molecule has 17 heavy (non-hydrogen) atoms. The summed E-state index contributed by atoms with van der Waals surface area (Å²) in [6, 6.07) is 0. The monoisotopic (exact) mass is 244 g/mol. The van der Waals surface area contributed by atoms with Gasteiger partial charge in [-0.1, -0.05) is 13.8 Å². The lowest BCUT2D eigenvalue weighted by molar-refractivity contribution is -0.172. The van der Waals surface area contributed by atoms with E-state index >= 15 is 0 Å². The van der Waals surface area contributed by atoms with Crippen LogP contribution in [0.15, 0.2) is 0 Å². The smallest absolute Gasteiger partial charge is 0.335 e. The van der Waals surface area contributed by atoms with Crippen LogP contribution in [0.1, 0.15) is 46.5 Å². The Balaban J connectivity index is 2.45. The second kappa shape index (κ2) is 6.36. The van der Waals surface area contributed by atoms with E-state index in [4.69, 9.17) is 9.47 Å². The summed E-state index contributed by atoms with van der Waals surface area (Å²) in [5, 5.41) is 9.25. The van der Waals surface area contributed by atoms with Crippen LogP contribution >= 0.6 is 0 Å². The van der Waals surface area contributed by atoms with Crippen molar-refractivity contribution in [3.63, 3.8) is 0 Å². The first-order chi connectivity index (χ1) is 7.94. The molecule has 0 spiro atoms. The Bertz CT molecular complexity index is 246. The fourth-order valence-corrected chi connectivity index (χ4v) is 2.20. The summed E-state index contributed by atoms with van der Waals surface area (Å²) in [6.07, 6.45) is 3.79. The molecule has 1 fully saturated rings. The van der Waals surface area contributed by atoms with Gasteiger partial charge < -0.3 is 14.6 Å². The highest BCUT2D eigenvalue weighted by Crippen LogP contribution is 2.23. The van der Waals surface area contributed by atoms with Crippen molar-refractivity contribution in [2.24, 2.45) is 5.92 Å². The minimum atomic E-state index is -1.09. The lowest BCUT2D eigenvalue weighted by atomic mass is 9.94. The van der Waals surface area contributed by atoms with Gasteiger partial charge in [0.25, 0.3) is 0 Å². The second-order valence-corrected chi connectivity index (χ2v) is 5.43. The molecule has 2 unspecified atom stereocenters. The molecule has 100 valence electrons. The van der Waals surface area contributed by atoms with Gasteiger partial charge in [-0.3, -0.25) is 0 Å². The zero-order valence-electron chi connectivity index (χ0n) is 11.1. The summed E-state index contributed by atoms with van der Waals surface area (Å²) in [5.74, 6) is -0.592. The van der Waals surface area contributed by atoms with Crippen molar-refractivity contribution in [2.45, 2.75) is 58.2 Å². The summed E-state index contributed by atoms with van der Waals surface area (Å²) < 4.78 is 11.2. The maximum absolute atomic E-state index is 11.3. The third kappa shape index (κ3) is 4.64. The molecule has 0 amide bonds. The lowest BCUT2D eigenvalue weighted by Gasteiger charge is -2.30. The molecule has 0 aromatic rings. The first-order valence-electron chi connectivity index (χ1n) is 6.43. The van der Waals surface area contributed by atoms with E-state index in [9.17, 15) is 9.90 Å². The van der Waals surface area contributed by atoms with Gasteiger partial charge in [0.2, 0.25) is 0 Å². The van der Waals surface area contributed by atoms with E-state index in [0.717, 1.165) is 25.9 Å². The van der Waals surface area contributed by atoms with Crippen LogP contribution < -0.4 is 0 Å². The number of carbonyl (C=O) groups is 1. The van der Waals surface area contributed by atoms with Gasteiger partial charge in [-0.05, 0) is 38.5 Å². The van der Waals surface area contributed by atoms with Gasteiger partial charge >= 0.3 is 5.97 Å². The Hall–Kier alpha value is -0.610. The van der Waals surface area contributed by atoms with E-state index in [-0.39, 0.29) is 6.10 Å². The molecule has 0 radical (unpaired) electrons. The fourth-order valence-electron chi connectivity index (χ4n) is 2.20. The summed E-state index contributed by atoms with van der Waals surface area (Å²) in [5.41, 5.74) is -1.09. The molecular formula is C13H24O4. The zero-order chi connectivity index (χ0) is 12.9. The maximum Gasteiger partial charge on any atom is 0.335 e. The Kier molecular flexibility index (Phi) is 5.40. The Labute approximate surface area is 103 Å². The Morgan fingerprint density at radius 1 is 1.53 bits per heavy atom. The van der Waals surface area contributed by atoms with Crippen molar-refractivity contribution in [1.82, 2.24) is 0 Å². The summed E-state index contributed by atoms with van der Waals surface area (Å²) >= 11 is 0. The number of hydrogen-bond donors (Lipinski definition) is 1. The predicted octanol–water partition coefficient (Wildman–Crippen LogP) is 2.46. The molecule has 1 heterocycles. The molecule has 4 heteroatoms. The van der Waals surface area contributed by atoms with Gasteiger partial charge in [-0.25, -0.2) is 4.79 Å². The van der Waals surface area contributed by atoms with Crippen LogP contribution in [0.25, 0.3) is 0 Å². The normalized spacial score (nSPS) is 24.6. The molecule has 0 aliphatic carbocycles. The number of carboxylic acid groups (broad SMARTS) is 1. The molecule has 1 N–H and O–H groups in total. The summed E-state index contributed by atoms with van der Waals surface area (Å²) in [6.45, 7) is 6.80. The molecule has 0 saturated carbocycles. The standard InChI is InChI=1S/C13H24O4/c1-10(2)8-13(3,12(14)15)17-9-11-6-4-5-7-16-11/h10-11H,4-9H2,1-3H3,(H,14,15). The van der Waals surface area contributed by atoms with Crippen molar-refractivity contribution in [1.29, 1.82) is 0 Å². The highest BCUT2D eigenvalue weighted by atomic mass is 16.6. The van der Waals surface area contributed by atoms with Crippen molar-refractivity contribution < 1.29 is 19.4 Å². The fraction of sp³-hybridized carbons (Fsp3) is 0.923. The minimum absolute atomic E-state index is 0.0644. The zero-order valence-corrected chi connectivity index (χ0v) is 11.1. The topological polar surface area (TPSA) is 55.8 Å². The van der Waals surface area contributed by atoms with Crippen LogP contribution in [-0.4, -0.2) is 36.0 Å². The molecule has 1 aliphatic rings. The SMILES string of the molecule is CC(C)CC(C)(OCC1CCCCO1)C(=O)O. The summed E-state index contributed by atoms with van der Waals surface area (Å²) in [7, 11) is 0. The van der Waals surface area contributed by atoms with Crippen molar-refractivity contribution >= 4 is 5.97 Å². The van der Waals surface area contributed by atoms with Gasteiger partial charge in [-0.2, -0.15) is 0 Å². The molecule has 1 rings (SSSR count). The first-order valence-corrected chi connectivity index (χ1v) is 6.43. The van der Waals surface area contributed by atoms with Crippen molar-refractivity contribution in [3.8, 4) is 0 Å². The average Bonchev–Trinajstić information content (AvgIpc) is 2.27. The third-order valence-electron chi connectivity index (χ3n) is 3.11. The number of aliphatic carboxylic acids is 1. The Morgan fingerprint density at radius 2 is 2.24 bits per heavy atom. The van der Waals surface area contributed by atoms with E-state index in [1.165, 1.54) is 0 Å². The molecule has 0 bridgehead atoms. The van der Waals surface area contributed by atoms with Crippen LogP contribution in [0, 0.1) is 5.92 Å². The third-order valence-corrected chi connectivity index (χ3v) is 3.11. The van der Waals surface area contributed by atoms with Crippen molar-refractivity contribution in [2.75, 3.05) is 13.2 Å². The van der Waals surface area contributed by atoms with Crippen LogP contribution in [0.4, 0.5) is 0 Å². The molecule has 1 saturated heterocycles. The van der Waals surface area contributed by atoms with E-state index in [1.807, 2.05) is 13.8 Å². The molecule has 2 atom stereocenters. The highest BCUT2D eigenvalue weighted by molar-refractivity contribution is 5.76. The molecular weight excluding hydrogens is 220 g/mol. The van der Waals surface area contributed by atoms with Crippen LogP contribution in [0.2, 0.25) is 0 Å². The molecule has 1 aliphatic heterocycles. The van der Waals surface area contributed by atoms with Gasteiger partial charge in [-0.15, -0.1) is 0 Å². The maximum atomic E-state index is 11.3. The first kappa shape index (κ1) is 14.5. The number of ether oxygens (including phenoxy) is 2. The van der Waals surface area contributed by atoms with E-state index in [0.29, 0.717) is 18.9 Å². The van der Waals surface area contributed by atoms with Gasteiger partial charge in [0, 0.05) is 6.61 Å². The highest BCUT2D eigenvalue weighted by Gasteiger charge is 2.35. The van der Waals surface area contributed by atoms with Crippen LogP contribution in [0.5, 0.6) is 0 Å². The lowest BCUT2D eigenvalue weighted by Crippen LogP contribution is -2.42. The minimum Gasteiger partial charge on any atom is -0.479 e. The molecule has 0 aromatic carbocycles. The average molecular weight is 244 g/mol. The number of carboxylic acids is 1. The second-order valence-electron chi connectivity index (χ2n) is 5.43. The number of hydrogen-bond acceptors (Lipinski definition) is 3. The van der Waals surface area contributed by atoms with E-state index in [1.54, 1.807) is 6.92 Å². The predicted molar refractivity (Wildman–Crippen MR) is 65.0 cm³/mol. The van der Waals surface area contributed by atoms with Gasteiger partial charge in [0.1, 0.15) is 0 Å². The van der Waals surface area contributed by atoms with Crippen LogP contribution in [-0.2, 0) is 14.3 Å².